The molecule has 0 bridgehead atoms. The van der Waals surface area contributed by atoms with Gasteiger partial charge in [-0.05, 0) is 30.3 Å². The van der Waals surface area contributed by atoms with Gasteiger partial charge in [-0.2, -0.15) is 0 Å². The van der Waals surface area contributed by atoms with Crippen LogP contribution in [-0.2, 0) is 10.0 Å². The maximum Gasteiger partial charge on any atom is 0.271 e. The van der Waals surface area contributed by atoms with Crippen molar-refractivity contribution < 1.29 is 18.0 Å². The number of aromatic nitrogens is 1. The lowest BCUT2D eigenvalue weighted by Crippen LogP contribution is -2.22. The maximum absolute atomic E-state index is 12.3. The van der Waals surface area contributed by atoms with Crippen molar-refractivity contribution in [3.05, 3.63) is 59.2 Å². The second-order valence-electron chi connectivity index (χ2n) is 4.80. The molecular weight excluding hydrogens is 350 g/mol. The van der Waals surface area contributed by atoms with E-state index < -0.39 is 15.9 Å². The standard InChI is InChI=1S/C15H13N3O4S2/c1-10-9-13(17-22-10)16-15(19)11-5-2-3-6-12(11)18-24(20,21)14-7-4-8-23-14/h2-9,18H,1H3,(H,16,17,19)/p-1. The average Bonchev–Trinajstić information content (AvgIpc) is 3.19. The fourth-order valence-electron chi connectivity index (χ4n) is 1.94. The highest BCUT2D eigenvalue weighted by atomic mass is 32.2. The van der Waals surface area contributed by atoms with E-state index in [4.69, 9.17) is 4.52 Å². The van der Waals surface area contributed by atoms with Crippen LogP contribution in [0.15, 0.2) is 61.6 Å². The predicted octanol–water partition coefficient (Wildman–Crippen LogP) is 2.28. The zero-order valence-electron chi connectivity index (χ0n) is 12.5. The van der Waals surface area contributed by atoms with Crippen LogP contribution in [0, 0.1) is 6.92 Å². The Balaban J connectivity index is 1.95. The van der Waals surface area contributed by atoms with Gasteiger partial charge < -0.3 is 9.63 Å². The minimum Gasteiger partial charge on any atom is -0.858 e. The number of hydrogen-bond donors (Lipinski definition) is 1. The van der Waals surface area contributed by atoms with Gasteiger partial charge in [-0.25, -0.2) is 13.4 Å². The highest BCUT2D eigenvalue weighted by molar-refractivity contribution is 7.94. The van der Waals surface area contributed by atoms with E-state index in [1.165, 1.54) is 24.3 Å². The number of nitrogens with one attached hydrogen (secondary N) is 1. The summed E-state index contributed by atoms with van der Waals surface area (Å²) in [5, 5.41) is 17.6. The second kappa shape index (κ2) is 6.46. The van der Waals surface area contributed by atoms with Gasteiger partial charge in [0, 0.05) is 11.6 Å². The van der Waals surface area contributed by atoms with Crippen LogP contribution in [0.4, 0.5) is 11.5 Å². The lowest BCUT2D eigenvalue weighted by Gasteiger charge is -2.16. The summed E-state index contributed by atoms with van der Waals surface area (Å²) in [6.45, 7) is 1.68. The molecule has 2 heterocycles. The van der Waals surface area contributed by atoms with E-state index >= 15 is 0 Å². The SMILES string of the molecule is Cc1cc(N=C([O-])c2ccccc2NS(=O)(=O)c2cccs2)no1. The molecule has 0 saturated carbocycles. The molecule has 2 aromatic heterocycles. The Bertz CT molecular complexity index is 976. The Morgan fingerprint density at radius 2 is 2.08 bits per heavy atom. The monoisotopic (exact) mass is 362 g/mol. The number of benzene rings is 1. The third kappa shape index (κ3) is 3.47. The molecule has 1 aromatic carbocycles. The summed E-state index contributed by atoms with van der Waals surface area (Å²) in [5.74, 6) is 0.0365. The fraction of sp³-hybridized carbons (Fsp3) is 0.0667. The van der Waals surface area contributed by atoms with Crippen molar-refractivity contribution in [1.29, 1.82) is 0 Å². The Labute approximate surface area is 142 Å². The van der Waals surface area contributed by atoms with Crippen LogP contribution in [0.1, 0.15) is 11.3 Å². The molecule has 0 saturated heterocycles. The zero-order chi connectivity index (χ0) is 17.2. The number of sulfonamides is 1. The predicted molar refractivity (Wildman–Crippen MR) is 89.0 cm³/mol. The first-order chi connectivity index (χ1) is 11.5. The highest BCUT2D eigenvalue weighted by Gasteiger charge is 2.16. The molecule has 24 heavy (non-hydrogen) atoms. The van der Waals surface area contributed by atoms with Crippen LogP contribution >= 0.6 is 11.3 Å². The van der Waals surface area contributed by atoms with Gasteiger partial charge in [-0.15, -0.1) is 11.3 Å². The third-order valence-corrected chi connectivity index (χ3v) is 5.76. The van der Waals surface area contributed by atoms with Crippen LogP contribution < -0.4 is 9.83 Å². The molecule has 0 aliphatic rings. The van der Waals surface area contributed by atoms with Gasteiger partial charge in [-0.3, -0.25) is 4.72 Å². The minimum absolute atomic E-state index is 0.123. The molecule has 0 atom stereocenters. The Kier molecular flexibility index (Phi) is 4.36. The van der Waals surface area contributed by atoms with Crippen molar-refractivity contribution >= 4 is 38.8 Å². The molecule has 3 rings (SSSR count). The quantitative estimate of drug-likeness (QED) is 0.553. The Morgan fingerprint density at radius 3 is 2.75 bits per heavy atom. The summed E-state index contributed by atoms with van der Waals surface area (Å²) in [6.07, 6.45) is 0. The molecule has 0 spiro atoms. The van der Waals surface area contributed by atoms with Crippen molar-refractivity contribution in [3.8, 4) is 0 Å². The van der Waals surface area contributed by atoms with Gasteiger partial charge in [0.15, 0.2) is 5.82 Å². The van der Waals surface area contributed by atoms with E-state index in [2.05, 4.69) is 14.9 Å². The van der Waals surface area contributed by atoms with E-state index in [-0.39, 0.29) is 21.3 Å². The van der Waals surface area contributed by atoms with Crippen LogP contribution in [0.5, 0.6) is 0 Å². The number of hydrogen-bond acceptors (Lipinski definition) is 7. The van der Waals surface area contributed by atoms with Crippen molar-refractivity contribution in [2.24, 2.45) is 4.99 Å². The molecule has 3 aromatic rings. The van der Waals surface area contributed by atoms with Gasteiger partial charge in [-0.1, -0.05) is 29.4 Å². The van der Waals surface area contributed by atoms with Crippen molar-refractivity contribution in [1.82, 2.24) is 5.16 Å². The summed E-state index contributed by atoms with van der Waals surface area (Å²) in [5.41, 5.74) is 0.276. The fourth-order valence-corrected chi connectivity index (χ4v) is 4.01. The van der Waals surface area contributed by atoms with Gasteiger partial charge in [0.05, 0.1) is 5.69 Å². The first-order valence-electron chi connectivity index (χ1n) is 6.80. The number of rotatable bonds is 5. The third-order valence-electron chi connectivity index (χ3n) is 2.99. The average molecular weight is 362 g/mol. The van der Waals surface area contributed by atoms with E-state index in [1.54, 1.807) is 30.5 Å². The number of nitrogens with zero attached hydrogens (tertiary/aromatic N) is 2. The van der Waals surface area contributed by atoms with Crippen LogP contribution in [0.3, 0.4) is 0 Å². The minimum atomic E-state index is -3.75. The summed E-state index contributed by atoms with van der Waals surface area (Å²) in [4.78, 5) is 3.83. The summed E-state index contributed by atoms with van der Waals surface area (Å²) >= 11 is 1.09. The second-order valence-corrected chi connectivity index (χ2v) is 7.65. The summed E-state index contributed by atoms with van der Waals surface area (Å²) in [7, 11) is -3.75. The lowest BCUT2D eigenvalue weighted by molar-refractivity contribution is -0.212. The molecule has 7 nitrogen and oxygen atoms in total. The van der Waals surface area contributed by atoms with E-state index in [1.807, 2.05) is 0 Å². The number of aryl methyl sites for hydroxylation is 1. The molecule has 0 amide bonds. The number of para-hydroxylation sites is 1. The molecule has 0 fully saturated rings. The highest BCUT2D eigenvalue weighted by Crippen LogP contribution is 2.23. The van der Waals surface area contributed by atoms with E-state index in [0.29, 0.717) is 5.76 Å². The number of anilines is 1. The summed E-state index contributed by atoms with van der Waals surface area (Å²) in [6, 6.07) is 10.9. The Hall–Kier alpha value is -2.65. The summed E-state index contributed by atoms with van der Waals surface area (Å²) < 4.78 is 32.1. The largest absolute Gasteiger partial charge is 0.858 e. The van der Waals surface area contributed by atoms with Crippen LogP contribution in [-0.4, -0.2) is 19.5 Å². The van der Waals surface area contributed by atoms with Crippen molar-refractivity contribution in [2.45, 2.75) is 11.1 Å². The van der Waals surface area contributed by atoms with Gasteiger partial charge in [0.2, 0.25) is 0 Å². The van der Waals surface area contributed by atoms with Gasteiger partial charge >= 0.3 is 0 Å². The first kappa shape index (κ1) is 16.2. The topological polar surface area (TPSA) is 108 Å². The van der Waals surface area contributed by atoms with Crippen molar-refractivity contribution in [2.75, 3.05) is 4.72 Å². The van der Waals surface area contributed by atoms with Crippen molar-refractivity contribution in [3.63, 3.8) is 0 Å². The first-order valence-corrected chi connectivity index (χ1v) is 9.17. The normalized spacial score (nSPS) is 12.3. The molecule has 0 aliphatic carbocycles. The molecule has 0 unspecified atom stereocenters. The van der Waals surface area contributed by atoms with Gasteiger partial charge in [0.1, 0.15) is 9.97 Å². The smallest absolute Gasteiger partial charge is 0.271 e. The molecule has 0 aliphatic heterocycles. The van der Waals surface area contributed by atoms with Gasteiger partial charge in [0.25, 0.3) is 10.0 Å². The Morgan fingerprint density at radius 1 is 1.29 bits per heavy atom. The van der Waals surface area contributed by atoms with Crippen LogP contribution in [0.25, 0.3) is 0 Å². The zero-order valence-corrected chi connectivity index (χ0v) is 14.1. The molecule has 124 valence electrons. The molecule has 0 radical (unpaired) electrons. The molecule has 9 heteroatoms. The number of aliphatic imine (C=N–C) groups is 1. The van der Waals surface area contributed by atoms with E-state index in [0.717, 1.165) is 11.3 Å². The number of thiophene rings is 1. The lowest BCUT2D eigenvalue weighted by atomic mass is 10.2. The maximum atomic E-state index is 12.3. The molecular formula is C15H12N3O4S2-. The van der Waals surface area contributed by atoms with Crippen LogP contribution in [0.2, 0.25) is 0 Å². The van der Waals surface area contributed by atoms with E-state index in [9.17, 15) is 13.5 Å². The molecule has 1 N–H and O–H groups in total.